The fourth-order valence-electron chi connectivity index (χ4n) is 5.18. The standard InChI is InChI=1S/C35H43N3O3/c1-8-10-13-23(9-2)22-38-19-18-24(26-14-11-12-15-30(26)38)20-28-32(39)31(33(28)40)27-17-16-25(37(6)7)21-29(27)36-34(41)35(3,4)5/h11-12,14-21,23H,8-10,13,22H2,1-7H3,(H,39,40). The van der Waals surface area contributed by atoms with E-state index in [4.69, 9.17) is 0 Å². The molecule has 3 aromatic rings. The number of para-hydroxylation sites is 1. The highest BCUT2D eigenvalue weighted by Gasteiger charge is 2.32. The van der Waals surface area contributed by atoms with Gasteiger partial charge in [0.25, 0.3) is 0 Å². The van der Waals surface area contributed by atoms with E-state index in [2.05, 4.69) is 36.0 Å². The number of nitrogens with zero attached hydrogens (tertiary/aromatic N) is 2. The highest BCUT2D eigenvalue weighted by Crippen LogP contribution is 2.40. The number of unbranched alkanes of at least 4 members (excludes halogenated alkanes) is 1. The van der Waals surface area contributed by atoms with E-state index in [1.165, 1.54) is 19.3 Å². The van der Waals surface area contributed by atoms with Crippen LogP contribution >= 0.6 is 0 Å². The molecule has 6 heteroatoms. The zero-order valence-electron chi connectivity index (χ0n) is 25.5. The number of rotatable bonds is 10. The molecular weight excluding hydrogens is 510 g/mol. The molecule has 0 bridgehead atoms. The first kappa shape index (κ1) is 30.0. The number of amides is 1. The second-order valence-electron chi connectivity index (χ2n) is 12.3. The molecule has 1 heterocycles. The Morgan fingerprint density at radius 2 is 1.83 bits per heavy atom. The van der Waals surface area contributed by atoms with Crippen molar-refractivity contribution in [3.63, 3.8) is 0 Å². The Hall–Kier alpha value is -3.93. The van der Waals surface area contributed by atoms with Gasteiger partial charge in [-0.2, -0.15) is 4.57 Å². The first-order valence-corrected chi connectivity index (χ1v) is 14.7. The van der Waals surface area contributed by atoms with E-state index in [0.29, 0.717) is 17.2 Å². The lowest BCUT2D eigenvalue weighted by Gasteiger charge is -2.32. The normalized spacial score (nSPS) is 15.3. The summed E-state index contributed by atoms with van der Waals surface area (Å²) >= 11 is 0. The number of fused-ring (bicyclic) bond motifs is 1. The molecule has 6 nitrogen and oxygen atoms in total. The molecule has 0 saturated carbocycles. The second-order valence-corrected chi connectivity index (χ2v) is 12.3. The number of hydrogen-bond acceptors (Lipinski definition) is 4. The topological polar surface area (TPSA) is 76.3 Å². The zero-order chi connectivity index (χ0) is 29.9. The van der Waals surface area contributed by atoms with Gasteiger partial charge in [0.2, 0.25) is 11.4 Å². The van der Waals surface area contributed by atoms with Gasteiger partial charge in [0, 0.05) is 60.0 Å². The third kappa shape index (κ3) is 6.37. The van der Waals surface area contributed by atoms with Crippen LogP contribution in [0.3, 0.4) is 0 Å². The van der Waals surface area contributed by atoms with Crippen LogP contribution < -0.4 is 19.9 Å². The van der Waals surface area contributed by atoms with Gasteiger partial charge in [-0.05, 0) is 42.7 Å². The van der Waals surface area contributed by atoms with Gasteiger partial charge in [0.15, 0.2) is 18.5 Å². The molecule has 1 aliphatic rings. The largest absolute Gasteiger partial charge is 0.871 e. The number of carbonyl (C=O) groups is 2. The summed E-state index contributed by atoms with van der Waals surface area (Å²) in [4.78, 5) is 28.2. The van der Waals surface area contributed by atoms with Crippen LogP contribution in [-0.2, 0) is 16.1 Å². The molecule has 1 amide bonds. The highest BCUT2D eigenvalue weighted by atomic mass is 16.3. The van der Waals surface area contributed by atoms with E-state index in [9.17, 15) is 14.7 Å². The number of anilines is 2. The smallest absolute Gasteiger partial charge is 0.229 e. The number of Topliss-reactive ketones (excluding diaryl/α,β-unsaturated/α-hetero) is 1. The van der Waals surface area contributed by atoms with Crippen LogP contribution in [0.15, 0.2) is 66.1 Å². The van der Waals surface area contributed by atoms with Gasteiger partial charge in [0.05, 0.1) is 11.1 Å². The summed E-state index contributed by atoms with van der Waals surface area (Å²) in [6.07, 6.45) is 8.54. The number of pyridine rings is 1. The number of carbonyl (C=O) groups excluding carboxylic acids is 2. The maximum absolute atomic E-state index is 13.5. The van der Waals surface area contributed by atoms with Crippen LogP contribution in [0.5, 0.6) is 0 Å². The predicted octanol–water partition coefficient (Wildman–Crippen LogP) is 6.13. The van der Waals surface area contributed by atoms with Crippen LogP contribution in [0.2, 0.25) is 0 Å². The highest BCUT2D eigenvalue weighted by molar-refractivity contribution is 6.41. The average molecular weight is 554 g/mol. The predicted molar refractivity (Wildman–Crippen MR) is 166 cm³/mol. The quantitative estimate of drug-likeness (QED) is 0.242. The molecule has 1 N–H and O–H groups in total. The summed E-state index contributed by atoms with van der Waals surface area (Å²) in [6, 6.07) is 15.6. The summed E-state index contributed by atoms with van der Waals surface area (Å²) in [6.45, 7) is 10.9. The maximum atomic E-state index is 13.5. The van der Waals surface area contributed by atoms with Crippen molar-refractivity contribution in [2.75, 3.05) is 24.3 Å². The molecule has 0 fully saturated rings. The zero-order valence-corrected chi connectivity index (χ0v) is 25.5. The van der Waals surface area contributed by atoms with Crippen LogP contribution in [-0.4, -0.2) is 25.8 Å². The Bertz CT molecular complexity index is 1530. The van der Waals surface area contributed by atoms with E-state index in [1.54, 1.807) is 12.1 Å². The number of ketones is 1. The minimum atomic E-state index is -0.632. The van der Waals surface area contributed by atoms with Crippen molar-refractivity contribution in [2.45, 2.75) is 66.8 Å². The molecule has 0 radical (unpaired) electrons. The van der Waals surface area contributed by atoms with Crippen LogP contribution in [0.1, 0.15) is 71.4 Å². The number of allylic oxidation sites excluding steroid dienone is 2. The Labute approximate surface area is 244 Å². The van der Waals surface area contributed by atoms with Crippen molar-refractivity contribution in [3.8, 4) is 0 Å². The van der Waals surface area contributed by atoms with E-state index in [-0.39, 0.29) is 28.6 Å². The fraction of sp³-hybridized carbons (Fsp3) is 0.400. The molecular formula is C35H43N3O3. The minimum Gasteiger partial charge on any atom is -0.871 e. The second kappa shape index (κ2) is 12.3. The van der Waals surface area contributed by atoms with Crippen molar-refractivity contribution in [1.82, 2.24) is 0 Å². The summed E-state index contributed by atoms with van der Waals surface area (Å²) in [5.41, 5.74) is 3.36. The Balaban J connectivity index is 1.72. The summed E-state index contributed by atoms with van der Waals surface area (Å²) in [7, 11) is 3.80. The molecule has 1 unspecified atom stereocenters. The molecule has 1 aromatic heterocycles. The number of hydrogen-bond donors (Lipinski definition) is 1. The van der Waals surface area contributed by atoms with Gasteiger partial charge in [0.1, 0.15) is 0 Å². The number of aromatic nitrogens is 1. The van der Waals surface area contributed by atoms with E-state index in [0.717, 1.165) is 35.1 Å². The third-order valence-electron chi connectivity index (χ3n) is 7.92. The Morgan fingerprint density at radius 1 is 1.10 bits per heavy atom. The summed E-state index contributed by atoms with van der Waals surface area (Å²) < 4.78 is 2.29. The lowest BCUT2D eigenvalue weighted by molar-refractivity contribution is -0.678. The molecule has 1 atom stereocenters. The van der Waals surface area contributed by atoms with Gasteiger partial charge in [-0.3, -0.25) is 9.59 Å². The average Bonchev–Trinajstić information content (AvgIpc) is 2.94. The maximum Gasteiger partial charge on any atom is 0.229 e. The molecule has 0 aliphatic heterocycles. The van der Waals surface area contributed by atoms with E-state index < -0.39 is 5.41 Å². The Kier molecular flexibility index (Phi) is 9.01. The monoisotopic (exact) mass is 553 g/mol. The lowest BCUT2D eigenvalue weighted by Crippen LogP contribution is -2.38. The van der Waals surface area contributed by atoms with Crippen LogP contribution in [0.4, 0.5) is 11.4 Å². The van der Waals surface area contributed by atoms with Gasteiger partial charge in [-0.25, -0.2) is 0 Å². The van der Waals surface area contributed by atoms with Gasteiger partial charge < -0.3 is 15.3 Å². The van der Waals surface area contributed by atoms with E-state index >= 15 is 0 Å². The summed E-state index contributed by atoms with van der Waals surface area (Å²) in [5, 5.41) is 17.4. The first-order chi connectivity index (χ1) is 19.5. The summed E-state index contributed by atoms with van der Waals surface area (Å²) in [5.74, 6) is -0.184. The minimum absolute atomic E-state index is 0.114. The van der Waals surface area contributed by atoms with Crippen molar-refractivity contribution in [1.29, 1.82) is 0 Å². The van der Waals surface area contributed by atoms with Gasteiger partial charge in [-0.15, -0.1) is 0 Å². The molecule has 216 valence electrons. The van der Waals surface area contributed by atoms with E-state index in [1.807, 2.05) is 76.2 Å². The van der Waals surface area contributed by atoms with Gasteiger partial charge in [-0.1, -0.05) is 71.4 Å². The third-order valence-corrected chi connectivity index (χ3v) is 7.92. The van der Waals surface area contributed by atoms with Crippen molar-refractivity contribution >= 4 is 45.6 Å². The van der Waals surface area contributed by atoms with Crippen LogP contribution in [0, 0.1) is 11.3 Å². The molecule has 1 aliphatic carbocycles. The number of benzene rings is 2. The molecule has 0 saturated heterocycles. The Morgan fingerprint density at radius 3 is 2.46 bits per heavy atom. The van der Waals surface area contributed by atoms with Gasteiger partial charge >= 0.3 is 0 Å². The lowest BCUT2D eigenvalue weighted by atomic mass is 9.81. The molecule has 0 spiro atoms. The SMILES string of the molecule is CCCCC(CC)C[n+]1ccc(/C=C2\C(=O)C(c3ccc(N(C)C)cc3NC(=O)C(C)(C)C)=C2[O-])c2ccccc21. The van der Waals surface area contributed by atoms with Crippen molar-refractivity contribution < 1.29 is 19.3 Å². The van der Waals surface area contributed by atoms with Crippen molar-refractivity contribution in [3.05, 3.63) is 77.2 Å². The molecule has 4 rings (SSSR count). The number of nitrogens with one attached hydrogen (secondary N) is 1. The first-order valence-electron chi connectivity index (χ1n) is 14.7. The van der Waals surface area contributed by atoms with Crippen LogP contribution in [0.25, 0.3) is 22.6 Å². The molecule has 41 heavy (non-hydrogen) atoms. The van der Waals surface area contributed by atoms with Crippen molar-refractivity contribution in [2.24, 2.45) is 11.3 Å². The molecule has 2 aromatic carbocycles. The fourth-order valence-corrected chi connectivity index (χ4v) is 5.18.